The SMILES string of the molecule is CCCNC(=O)[C@@H](C)N(Cc1ccc(C)cc1)C(=O)CN(c1ccc(F)cc1)S(=O)(=O)c1ccccc1. The fraction of sp³-hybridized carbons (Fsp3) is 0.286. The number of rotatable bonds is 11. The molecule has 0 saturated heterocycles. The number of halogens is 1. The van der Waals surface area contributed by atoms with E-state index in [1.165, 1.54) is 29.2 Å². The third-order valence-electron chi connectivity index (χ3n) is 5.91. The Hall–Kier alpha value is -3.72. The summed E-state index contributed by atoms with van der Waals surface area (Å²) < 4.78 is 41.8. The molecule has 0 unspecified atom stereocenters. The summed E-state index contributed by atoms with van der Waals surface area (Å²) in [6.45, 7) is 5.49. The standard InChI is InChI=1S/C28H32FN3O4S/c1-4-18-30-28(34)22(3)31(19-23-12-10-21(2)11-13-23)27(33)20-32(25-16-14-24(29)15-17-25)37(35,36)26-8-6-5-7-9-26/h5-17,22H,4,18-20H2,1-3H3,(H,30,34)/t22-/m1/s1. The van der Waals surface area contributed by atoms with Crippen LogP contribution in [0.25, 0.3) is 0 Å². The lowest BCUT2D eigenvalue weighted by atomic mass is 10.1. The van der Waals surface area contributed by atoms with Gasteiger partial charge in [0.1, 0.15) is 18.4 Å². The van der Waals surface area contributed by atoms with Crippen molar-refractivity contribution in [3.63, 3.8) is 0 Å². The Morgan fingerprint density at radius 3 is 2.16 bits per heavy atom. The van der Waals surface area contributed by atoms with Crippen molar-refractivity contribution in [1.29, 1.82) is 0 Å². The molecule has 196 valence electrons. The summed E-state index contributed by atoms with van der Waals surface area (Å²) in [7, 11) is -4.17. The molecule has 3 aromatic carbocycles. The smallest absolute Gasteiger partial charge is 0.264 e. The molecule has 0 bridgehead atoms. The minimum Gasteiger partial charge on any atom is -0.354 e. The van der Waals surface area contributed by atoms with Gasteiger partial charge in [0.25, 0.3) is 10.0 Å². The van der Waals surface area contributed by atoms with Crippen LogP contribution in [0.2, 0.25) is 0 Å². The average Bonchev–Trinajstić information content (AvgIpc) is 2.90. The molecular weight excluding hydrogens is 493 g/mol. The minimum atomic E-state index is -4.17. The molecule has 2 amide bonds. The molecule has 9 heteroatoms. The molecular formula is C28H32FN3O4S. The van der Waals surface area contributed by atoms with Crippen LogP contribution in [0.4, 0.5) is 10.1 Å². The van der Waals surface area contributed by atoms with Crippen LogP contribution in [-0.4, -0.2) is 44.3 Å². The fourth-order valence-electron chi connectivity index (χ4n) is 3.72. The average molecular weight is 526 g/mol. The molecule has 0 heterocycles. The van der Waals surface area contributed by atoms with Crippen molar-refractivity contribution in [3.8, 4) is 0 Å². The number of hydrogen-bond acceptors (Lipinski definition) is 4. The highest BCUT2D eigenvalue weighted by molar-refractivity contribution is 7.92. The van der Waals surface area contributed by atoms with Crippen LogP contribution >= 0.6 is 0 Å². The molecule has 1 N–H and O–H groups in total. The Labute approximate surface area is 218 Å². The second-order valence-electron chi connectivity index (χ2n) is 8.78. The predicted octanol–water partition coefficient (Wildman–Crippen LogP) is 4.27. The van der Waals surface area contributed by atoms with E-state index >= 15 is 0 Å². The van der Waals surface area contributed by atoms with Crippen molar-refractivity contribution in [2.75, 3.05) is 17.4 Å². The molecule has 0 aliphatic carbocycles. The number of nitrogens with zero attached hydrogens (tertiary/aromatic N) is 2. The highest BCUT2D eigenvalue weighted by Gasteiger charge is 2.32. The Kier molecular flexibility index (Phi) is 9.41. The number of hydrogen-bond donors (Lipinski definition) is 1. The van der Waals surface area contributed by atoms with Gasteiger partial charge in [0.05, 0.1) is 10.6 Å². The Bertz CT molecular complexity index is 1300. The number of sulfonamides is 1. The highest BCUT2D eigenvalue weighted by atomic mass is 32.2. The first-order chi connectivity index (χ1) is 17.6. The topological polar surface area (TPSA) is 86.8 Å². The number of aryl methyl sites for hydroxylation is 1. The van der Waals surface area contributed by atoms with E-state index in [1.54, 1.807) is 25.1 Å². The van der Waals surface area contributed by atoms with Crippen LogP contribution in [0.5, 0.6) is 0 Å². The maximum absolute atomic E-state index is 13.7. The monoisotopic (exact) mass is 525 g/mol. The molecule has 37 heavy (non-hydrogen) atoms. The molecule has 3 aromatic rings. The van der Waals surface area contributed by atoms with Crippen molar-refractivity contribution >= 4 is 27.5 Å². The number of anilines is 1. The normalized spacial score (nSPS) is 12.0. The lowest BCUT2D eigenvalue weighted by Gasteiger charge is -2.32. The van der Waals surface area contributed by atoms with Crippen molar-refractivity contribution < 1.29 is 22.4 Å². The van der Waals surface area contributed by atoms with E-state index in [2.05, 4.69) is 5.32 Å². The zero-order valence-electron chi connectivity index (χ0n) is 21.2. The van der Waals surface area contributed by atoms with Gasteiger partial charge in [0, 0.05) is 13.1 Å². The summed E-state index contributed by atoms with van der Waals surface area (Å²) in [5, 5.41) is 2.80. The maximum atomic E-state index is 13.7. The first kappa shape index (κ1) is 27.9. The van der Waals surface area contributed by atoms with Gasteiger partial charge < -0.3 is 10.2 Å². The molecule has 1 atom stereocenters. The van der Waals surface area contributed by atoms with Gasteiger partial charge in [0.15, 0.2) is 0 Å². The van der Waals surface area contributed by atoms with Gasteiger partial charge in [-0.05, 0) is 62.2 Å². The molecule has 0 aromatic heterocycles. The minimum absolute atomic E-state index is 0.00838. The molecule has 0 aliphatic heterocycles. The van der Waals surface area contributed by atoms with Crippen LogP contribution in [-0.2, 0) is 26.2 Å². The molecule has 0 aliphatic rings. The maximum Gasteiger partial charge on any atom is 0.264 e. The second-order valence-corrected chi connectivity index (χ2v) is 10.6. The van der Waals surface area contributed by atoms with E-state index in [0.717, 1.165) is 34.0 Å². The summed E-state index contributed by atoms with van der Waals surface area (Å²) in [6, 6.07) is 19.3. The summed E-state index contributed by atoms with van der Waals surface area (Å²) in [5.41, 5.74) is 1.98. The van der Waals surface area contributed by atoms with Crippen LogP contribution in [0.15, 0.2) is 83.8 Å². The number of amides is 2. The van der Waals surface area contributed by atoms with Gasteiger partial charge in [-0.3, -0.25) is 13.9 Å². The molecule has 7 nitrogen and oxygen atoms in total. The Morgan fingerprint density at radius 2 is 1.57 bits per heavy atom. The van der Waals surface area contributed by atoms with Gasteiger partial charge in [0.2, 0.25) is 11.8 Å². The number of nitrogens with one attached hydrogen (secondary N) is 1. The number of benzene rings is 3. The first-order valence-corrected chi connectivity index (χ1v) is 13.5. The van der Waals surface area contributed by atoms with E-state index in [9.17, 15) is 22.4 Å². The lowest BCUT2D eigenvalue weighted by Crippen LogP contribution is -2.51. The molecule has 0 fully saturated rings. The predicted molar refractivity (Wildman–Crippen MR) is 142 cm³/mol. The quantitative estimate of drug-likeness (QED) is 0.405. The first-order valence-electron chi connectivity index (χ1n) is 12.1. The lowest BCUT2D eigenvalue weighted by molar-refractivity contribution is -0.139. The zero-order chi connectivity index (χ0) is 27.0. The second kappa shape index (κ2) is 12.5. The van der Waals surface area contributed by atoms with Crippen LogP contribution in [0, 0.1) is 12.7 Å². The molecule has 0 saturated carbocycles. The van der Waals surface area contributed by atoms with Gasteiger partial charge in [-0.2, -0.15) is 0 Å². The third kappa shape index (κ3) is 7.16. The summed E-state index contributed by atoms with van der Waals surface area (Å²) in [5.74, 6) is -1.43. The van der Waals surface area contributed by atoms with Gasteiger partial charge >= 0.3 is 0 Å². The fourth-order valence-corrected chi connectivity index (χ4v) is 5.16. The number of carbonyl (C=O) groups excluding carboxylic acids is 2. The summed E-state index contributed by atoms with van der Waals surface area (Å²) in [6.07, 6.45) is 0.734. The van der Waals surface area contributed by atoms with Crippen LogP contribution in [0.1, 0.15) is 31.4 Å². The molecule has 0 radical (unpaired) electrons. The van der Waals surface area contributed by atoms with Gasteiger partial charge in [-0.15, -0.1) is 0 Å². The van der Waals surface area contributed by atoms with Crippen molar-refractivity contribution in [2.24, 2.45) is 0 Å². The van der Waals surface area contributed by atoms with Gasteiger partial charge in [-0.1, -0.05) is 55.0 Å². The zero-order valence-corrected chi connectivity index (χ0v) is 22.0. The van der Waals surface area contributed by atoms with Crippen molar-refractivity contribution in [1.82, 2.24) is 10.2 Å². The van der Waals surface area contributed by atoms with E-state index < -0.39 is 34.3 Å². The third-order valence-corrected chi connectivity index (χ3v) is 7.70. The Morgan fingerprint density at radius 1 is 0.946 bits per heavy atom. The summed E-state index contributed by atoms with van der Waals surface area (Å²) >= 11 is 0. The summed E-state index contributed by atoms with van der Waals surface area (Å²) in [4.78, 5) is 27.9. The van der Waals surface area contributed by atoms with Crippen molar-refractivity contribution in [2.45, 2.75) is 44.7 Å². The van der Waals surface area contributed by atoms with Crippen LogP contribution in [0.3, 0.4) is 0 Å². The highest BCUT2D eigenvalue weighted by Crippen LogP contribution is 2.25. The van der Waals surface area contributed by atoms with E-state index in [1.807, 2.05) is 38.1 Å². The Balaban J connectivity index is 1.99. The van der Waals surface area contributed by atoms with E-state index in [-0.39, 0.29) is 23.0 Å². The largest absolute Gasteiger partial charge is 0.354 e. The molecule has 0 spiro atoms. The van der Waals surface area contributed by atoms with Crippen LogP contribution < -0.4 is 9.62 Å². The van der Waals surface area contributed by atoms with E-state index in [4.69, 9.17) is 0 Å². The van der Waals surface area contributed by atoms with Crippen molar-refractivity contribution in [3.05, 3.63) is 95.8 Å². The van der Waals surface area contributed by atoms with E-state index in [0.29, 0.717) is 6.54 Å². The molecule has 3 rings (SSSR count). The van der Waals surface area contributed by atoms with Gasteiger partial charge in [-0.25, -0.2) is 12.8 Å². The number of carbonyl (C=O) groups is 2.